The highest BCUT2D eigenvalue weighted by atomic mass is 16.3. The SMILES string of the molecule is NNC(=O)c1occc1Cn1cc(-c2ccccc2)cn1. The molecule has 1 amide bonds. The summed E-state index contributed by atoms with van der Waals surface area (Å²) >= 11 is 0. The van der Waals surface area contributed by atoms with Crippen LogP contribution in [0.4, 0.5) is 0 Å². The van der Waals surface area contributed by atoms with Crippen molar-refractivity contribution >= 4 is 5.91 Å². The molecule has 1 aromatic carbocycles. The first kappa shape index (κ1) is 13.1. The first-order valence-electron chi connectivity index (χ1n) is 6.43. The minimum Gasteiger partial charge on any atom is -0.459 e. The highest BCUT2D eigenvalue weighted by molar-refractivity contribution is 5.92. The highest BCUT2D eigenvalue weighted by Gasteiger charge is 2.14. The molecular formula is C15H14N4O2. The number of hydrogen-bond donors (Lipinski definition) is 2. The third-order valence-corrected chi connectivity index (χ3v) is 3.16. The Morgan fingerprint density at radius 3 is 2.81 bits per heavy atom. The van der Waals surface area contributed by atoms with Gasteiger partial charge in [0.05, 0.1) is 19.0 Å². The van der Waals surface area contributed by atoms with Crippen LogP contribution in [0.15, 0.2) is 59.5 Å². The number of benzene rings is 1. The van der Waals surface area contributed by atoms with Gasteiger partial charge >= 0.3 is 5.91 Å². The van der Waals surface area contributed by atoms with Gasteiger partial charge in [-0.25, -0.2) is 5.84 Å². The molecule has 21 heavy (non-hydrogen) atoms. The zero-order valence-electron chi connectivity index (χ0n) is 11.2. The van der Waals surface area contributed by atoms with Crippen molar-refractivity contribution < 1.29 is 9.21 Å². The van der Waals surface area contributed by atoms with Crippen LogP contribution in [0.2, 0.25) is 0 Å². The molecule has 0 aliphatic rings. The number of nitrogens with two attached hydrogens (primary N) is 1. The highest BCUT2D eigenvalue weighted by Crippen LogP contribution is 2.19. The normalized spacial score (nSPS) is 10.5. The molecule has 0 radical (unpaired) electrons. The zero-order valence-corrected chi connectivity index (χ0v) is 11.2. The van der Waals surface area contributed by atoms with Gasteiger partial charge in [-0.05, 0) is 11.6 Å². The number of hydrogen-bond acceptors (Lipinski definition) is 4. The van der Waals surface area contributed by atoms with E-state index >= 15 is 0 Å². The molecule has 3 aromatic rings. The summed E-state index contributed by atoms with van der Waals surface area (Å²) in [4.78, 5) is 11.6. The van der Waals surface area contributed by atoms with Gasteiger partial charge in [-0.3, -0.25) is 14.9 Å². The van der Waals surface area contributed by atoms with Gasteiger partial charge < -0.3 is 4.42 Å². The van der Waals surface area contributed by atoms with E-state index in [1.54, 1.807) is 16.9 Å². The van der Waals surface area contributed by atoms with E-state index in [9.17, 15) is 4.79 Å². The van der Waals surface area contributed by atoms with E-state index in [1.165, 1.54) is 6.26 Å². The maximum atomic E-state index is 11.6. The topological polar surface area (TPSA) is 86.1 Å². The molecule has 0 aliphatic carbocycles. The molecule has 0 spiro atoms. The molecule has 106 valence electrons. The number of hydrazine groups is 1. The third kappa shape index (κ3) is 2.70. The minimum atomic E-state index is -0.453. The average molecular weight is 282 g/mol. The lowest BCUT2D eigenvalue weighted by Gasteiger charge is -2.02. The molecule has 6 heteroatoms. The van der Waals surface area contributed by atoms with Crippen LogP contribution in [0, 0.1) is 0 Å². The number of furan rings is 1. The van der Waals surface area contributed by atoms with E-state index in [0.717, 1.165) is 16.7 Å². The fourth-order valence-corrected chi connectivity index (χ4v) is 2.13. The Hall–Kier alpha value is -2.86. The number of nitrogen functional groups attached to an aromatic ring is 1. The van der Waals surface area contributed by atoms with Crippen LogP contribution in [0.5, 0.6) is 0 Å². The number of carbonyl (C=O) groups is 1. The van der Waals surface area contributed by atoms with Crippen molar-refractivity contribution in [1.82, 2.24) is 15.2 Å². The van der Waals surface area contributed by atoms with Crippen LogP contribution in [-0.2, 0) is 6.54 Å². The molecule has 2 heterocycles. The van der Waals surface area contributed by atoms with Crippen LogP contribution in [0.3, 0.4) is 0 Å². The molecule has 3 N–H and O–H groups in total. The summed E-state index contributed by atoms with van der Waals surface area (Å²) in [5.74, 6) is 4.87. The summed E-state index contributed by atoms with van der Waals surface area (Å²) in [5.41, 5.74) is 4.90. The Morgan fingerprint density at radius 1 is 1.24 bits per heavy atom. The molecule has 0 bridgehead atoms. The summed E-state index contributed by atoms with van der Waals surface area (Å²) in [6.07, 6.45) is 5.17. The van der Waals surface area contributed by atoms with Crippen molar-refractivity contribution in [1.29, 1.82) is 0 Å². The number of rotatable bonds is 4. The summed E-state index contributed by atoms with van der Waals surface area (Å²) in [7, 11) is 0. The summed E-state index contributed by atoms with van der Waals surface area (Å²) in [5, 5.41) is 4.31. The average Bonchev–Trinajstić information content (AvgIpc) is 3.17. The van der Waals surface area contributed by atoms with Crippen molar-refractivity contribution in [2.24, 2.45) is 5.84 Å². The summed E-state index contributed by atoms with van der Waals surface area (Å²) in [6.45, 7) is 0.437. The number of carbonyl (C=O) groups excluding carboxylic acids is 1. The quantitative estimate of drug-likeness (QED) is 0.434. The maximum Gasteiger partial charge on any atom is 0.301 e. The molecule has 3 rings (SSSR count). The zero-order chi connectivity index (χ0) is 14.7. The Balaban J connectivity index is 1.82. The second-order valence-corrected chi connectivity index (χ2v) is 4.54. The van der Waals surface area contributed by atoms with Crippen LogP contribution in [0.1, 0.15) is 16.1 Å². The maximum absolute atomic E-state index is 11.6. The molecule has 0 atom stereocenters. The Labute approximate surface area is 121 Å². The van der Waals surface area contributed by atoms with E-state index in [0.29, 0.717) is 6.54 Å². The smallest absolute Gasteiger partial charge is 0.301 e. The van der Waals surface area contributed by atoms with E-state index < -0.39 is 5.91 Å². The number of nitrogens with zero attached hydrogens (tertiary/aromatic N) is 2. The summed E-state index contributed by atoms with van der Waals surface area (Å²) in [6, 6.07) is 11.7. The largest absolute Gasteiger partial charge is 0.459 e. The molecular weight excluding hydrogens is 268 g/mol. The molecule has 6 nitrogen and oxygen atoms in total. The monoisotopic (exact) mass is 282 g/mol. The molecule has 0 unspecified atom stereocenters. The summed E-state index contributed by atoms with van der Waals surface area (Å²) < 4.78 is 6.90. The number of amides is 1. The van der Waals surface area contributed by atoms with Crippen molar-refractivity contribution in [2.75, 3.05) is 0 Å². The Bertz CT molecular complexity index is 746. The van der Waals surface area contributed by atoms with Gasteiger partial charge in [-0.15, -0.1) is 0 Å². The molecule has 0 saturated carbocycles. The molecule has 0 aliphatic heterocycles. The third-order valence-electron chi connectivity index (χ3n) is 3.16. The molecule has 0 saturated heterocycles. The first-order chi connectivity index (χ1) is 10.3. The van der Waals surface area contributed by atoms with E-state index in [2.05, 4.69) is 10.5 Å². The minimum absolute atomic E-state index is 0.203. The standard InChI is InChI=1S/C15H14N4O2/c16-18-15(20)14-12(6-7-21-14)9-19-10-13(8-17-19)11-4-2-1-3-5-11/h1-8,10H,9,16H2,(H,18,20). The van der Waals surface area contributed by atoms with Crippen molar-refractivity contribution in [3.63, 3.8) is 0 Å². The number of nitrogens with one attached hydrogen (secondary N) is 1. The van der Waals surface area contributed by atoms with E-state index in [4.69, 9.17) is 10.3 Å². The molecule has 0 fully saturated rings. The van der Waals surface area contributed by atoms with Crippen LogP contribution < -0.4 is 11.3 Å². The fourth-order valence-electron chi connectivity index (χ4n) is 2.13. The van der Waals surface area contributed by atoms with Gasteiger partial charge in [0.1, 0.15) is 0 Å². The lowest BCUT2D eigenvalue weighted by Crippen LogP contribution is -2.30. The van der Waals surface area contributed by atoms with Gasteiger partial charge in [0.25, 0.3) is 0 Å². The first-order valence-corrected chi connectivity index (χ1v) is 6.43. The lowest BCUT2D eigenvalue weighted by molar-refractivity contribution is 0.0924. The van der Waals surface area contributed by atoms with Crippen LogP contribution >= 0.6 is 0 Å². The second-order valence-electron chi connectivity index (χ2n) is 4.54. The molecule has 2 aromatic heterocycles. The van der Waals surface area contributed by atoms with E-state index in [1.807, 2.05) is 36.5 Å². The predicted molar refractivity (Wildman–Crippen MR) is 77.1 cm³/mol. The second kappa shape index (κ2) is 5.64. The Morgan fingerprint density at radius 2 is 2.05 bits per heavy atom. The van der Waals surface area contributed by atoms with Gasteiger partial charge in [-0.2, -0.15) is 5.10 Å². The van der Waals surface area contributed by atoms with Crippen LogP contribution in [0.25, 0.3) is 11.1 Å². The fraction of sp³-hybridized carbons (Fsp3) is 0.0667. The van der Waals surface area contributed by atoms with Crippen molar-refractivity contribution in [3.05, 3.63) is 66.4 Å². The van der Waals surface area contributed by atoms with Crippen molar-refractivity contribution in [2.45, 2.75) is 6.54 Å². The van der Waals surface area contributed by atoms with Gasteiger partial charge in [0, 0.05) is 17.3 Å². The predicted octanol–water partition coefficient (Wildman–Crippen LogP) is 1.79. The van der Waals surface area contributed by atoms with Crippen molar-refractivity contribution in [3.8, 4) is 11.1 Å². The van der Waals surface area contributed by atoms with Crippen LogP contribution in [-0.4, -0.2) is 15.7 Å². The van der Waals surface area contributed by atoms with Gasteiger partial charge in [0.2, 0.25) is 0 Å². The van der Waals surface area contributed by atoms with E-state index in [-0.39, 0.29) is 5.76 Å². The Kier molecular flexibility index (Phi) is 3.53. The van der Waals surface area contributed by atoms with Gasteiger partial charge in [0.15, 0.2) is 5.76 Å². The van der Waals surface area contributed by atoms with Gasteiger partial charge in [-0.1, -0.05) is 30.3 Å². The number of aromatic nitrogens is 2. The lowest BCUT2D eigenvalue weighted by atomic mass is 10.1.